The van der Waals surface area contributed by atoms with Gasteiger partial charge in [-0.1, -0.05) is 18.2 Å². The second-order valence-corrected chi connectivity index (χ2v) is 7.17. The number of hydrazone groups is 1. The molecule has 1 N–H and O–H groups in total. The van der Waals surface area contributed by atoms with Crippen LogP contribution in [0.15, 0.2) is 66.0 Å². The minimum atomic E-state index is -0.427. The van der Waals surface area contributed by atoms with Crippen LogP contribution in [0.2, 0.25) is 0 Å². The van der Waals surface area contributed by atoms with Crippen molar-refractivity contribution in [1.82, 2.24) is 9.99 Å². The maximum atomic E-state index is 9.95. The van der Waals surface area contributed by atoms with Crippen LogP contribution in [-0.4, -0.2) is 35.0 Å². The van der Waals surface area contributed by atoms with Gasteiger partial charge in [0.05, 0.1) is 26.0 Å². The van der Waals surface area contributed by atoms with Crippen molar-refractivity contribution in [2.75, 3.05) is 14.2 Å². The van der Waals surface area contributed by atoms with Crippen LogP contribution < -0.4 is 14.2 Å². The average Bonchev–Trinajstić information content (AvgIpc) is 3.24. The molecule has 2 aliphatic rings. The molecule has 7 nitrogen and oxygen atoms in total. The molecule has 30 heavy (non-hydrogen) atoms. The number of rotatable bonds is 4. The van der Waals surface area contributed by atoms with Crippen LogP contribution in [0.4, 0.5) is 0 Å². The lowest BCUT2D eigenvalue weighted by Gasteiger charge is -2.38. The van der Waals surface area contributed by atoms with Gasteiger partial charge in [-0.15, -0.1) is 0 Å². The predicted molar refractivity (Wildman–Crippen MR) is 111 cm³/mol. The Kier molecular flexibility index (Phi) is 4.43. The molecule has 0 amide bonds. The molecule has 3 aromatic rings. The lowest BCUT2D eigenvalue weighted by atomic mass is 9.95. The molecule has 2 aliphatic heterocycles. The van der Waals surface area contributed by atoms with Gasteiger partial charge < -0.3 is 19.3 Å². The summed E-state index contributed by atoms with van der Waals surface area (Å²) in [6.45, 7) is 0. The molecule has 0 saturated carbocycles. The van der Waals surface area contributed by atoms with E-state index in [0.29, 0.717) is 17.9 Å². The minimum Gasteiger partial charge on any atom is -0.504 e. The SMILES string of the molecule is COc1cc(C2=NN3[C@H](C2)c2cccc(OC)c2O[C@H]3c2cccnc2)ccc1O. The summed E-state index contributed by atoms with van der Waals surface area (Å²) in [5.41, 5.74) is 3.73. The van der Waals surface area contributed by atoms with Gasteiger partial charge in [0.2, 0.25) is 6.23 Å². The molecule has 1 aromatic heterocycles. The molecule has 2 aromatic carbocycles. The maximum absolute atomic E-state index is 9.95. The molecule has 5 rings (SSSR count). The third kappa shape index (κ3) is 2.90. The van der Waals surface area contributed by atoms with Crippen molar-refractivity contribution in [2.24, 2.45) is 5.10 Å². The number of pyridine rings is 1. The predicted octanol–water partition coefficient (Wildman–Crippen LogP) is 4.05. The van der Waals surface area contributed by atoms with E-state index in [9.17, 15) is 5.11 Å². The van der Waals surface area contributed by atoms with Crippen LogP contribution in [0, 0.1) is 0 Å². The summed E-state index contributed by atoms with van der Waals surface area (Å²) in [6.07, 6.45) is 3.79. The number of methoxy groups -OCH3 is 2. The first-order chi connectivity index (χ1) is 14.7. The number of phenolic OH excluding ortho intramolecular Hbond substituents is 1. The van der Waals surface area contributed by atoms with E-state index in [4.69, 9.17) is 19.3 Å². The molecule has 2 atom stereocenters. The second kappa shape index (κ2) is 7.26. The standard InChI is InChI=1S/C23H21N3O4/c1-28-20-7-3-6-16-18-12-17(14-8-9-19(27)21(11-14)29-2)25-26(18)23(30-22(16)20)15-5-4-10-24-13-15/h3-11,13,18,23,27H,12H2,1-2H3/t18-,23+/m1/s1. The van der Waals surface area contributed by atoms with Gasteiger partial charge in [-0.25, -0.2) is 5.01 Å². The van der Waals surface area contributed by atoms with Crippen LogP contribution in [0.5, 0.6) is 23.0 Å². The van der Waals surface area contributed by atoms with Crippen LogP contribution in [0.1, 0.15) is 35.4 Å². The largest absolute Gasteiger partial charge is 0.504 e. The molecule has 0 bridgehead atoms. The van der Waals surface area contributed by atoms with E-state index in [1.807, 2.05) is 41.4 Å². The molecule has 0 unspecified atom stereocenters. The van der Waals surface area contributed by atoms with Crippen molar-refractivity contribution >= 4 is 5.71 Å². The second-order valence-electron chi connectivity index (χ2n) is 7.17. The number of fused-ring (bicyclic) bond motifs is 3. The topological polar surface area (TPSA) is 76.4 Å². The molecule has 0 spiro atoms. The molecule has 0 aliphatic carbocycles. The number of aromatic hydroxyl groups is 1. The smallest absolute Gasteiger partial charge is 0.215 e. The first-order valence-corrected chi connectivity index (χ1v) is 9.66. The number of nitrogens with zero attached hydrogens (tertiary/aromatic N) is 3. The van der Waals surface area contributed by atoms with Gasteiger partial charge in [-0.05, 0) is 30.3 Å². The molecule has 0 saturated heterocycles. The monoisotopic (exact) mass is 403 g/mol. The number of hydrogen-bond donors (Lipinski definition) is 1. The number of ether oxygens (including phenoxy) is 3. The van der Waals surface area contributed by atoms with Crippen LogP contribution >= 0.6 is 0 Å². The fourth-order valence-corrected chi connectivity index (χ4v) is 4.02. The number of phenols is 1. The van der Waals surface area contributed by atoms with Gasteiger partial charge >= 0.3 is 0 Å². The minimum absolute atomic E-state index is 0.0103. The van der Waals surface area contributed by atoms with Crippen molar-refractivity contribution in [3.05, 3.63) is 77.6 Å². The quantitative estimate of drug-likeness (QED) is 0.708. The summed E-state index contributed by atoms with van der Waals surface area (Å²) in [5.74, 6) is 1.95. The molecular formula is C23H21N3O4. The Labute approximate surface area is 174 Å². The number of aromatic nitrogens is 1. The first-order valence-electron chi connectivity index (χ1n) is 9.66. The highest BCUT2D eigenvalue weighted by atomic mass is 16.5. The lowest BCUT2D eigenvalue weighted by Crippen LogP contribution is -2.33. The zero-order valence-corrected chi connectivity index (χ0v) is 16.6. The van der Waals surface area contributed by atoms with Crippen molar-refractivity contribution in [3.8, 4) is 23.0 Å². The number of hydrogen-bond acceptors (Lipinski definition) is 7. The van der Waals surface area contributed by atoms with Crippen molar-refractivity contribution in [2.45, 2.75) is 18.7 Å². The van der Waals surface area contributed by atoms with Crippen LogP contribution in [0.3, 0.4) is 0 Å². The highest BCUT2D eigenvalue weighted by Crippen LogP contribution is 2.50. The molecule has 7 heteroatoms. The molecular weight excluding hydrogens is 382 g/mol. The van der Waals surface area contributed by atoms with Crippen molar-refractivity contribution in [3.63, 3.8) is 0 Å². The number of para-hydroxylation sites is 1. The summed E-state index contributed by atoms with van der Waals surface area (Å²) in [4.78, 5) is 4.25. The van der Waals surface area contributed by atoms with E-state index in [1.165, 1.54) is 7.11 Å². The Bertz CT molecular complexity index is 1120. The van der Waals surface area contributed by atoms with E-state index in [-0.39, 0.29) is 11.8 Å². The zero-order valence-electron chi connectivity index (χ0n) is 16.6. The fraction of sp³-hybridized carbons (Fsp3) is 0.217. The third-order valence-electron chi connectivity index (χ3n) is 5.48. The van der Waals surface area contributed by atoms with Gasteiger partial charge in [0.25, 0.3) is 0 Å². The average molecular weight is 403 g/mol. The van der Waals surface area contributed by atoms with E-state index < -0.39 is 6.23 Å². The number of benzene rings is 2. The van der Waals surface area contributed by atoms with Gasteiger partial charge in [0.15, 0.2) is 23.0 Å². The normalized spacial score (nSPS) is 19.4. The van der Waals surface area contributed by atoms with E-state index >= 15 is 0 Å². The van der Waals surface area contributed by atoms with E-state index in [2.05, 4.69) is 4.98 Å². The summed E-state index contributed by atoms with van der Waals surface area (Å²) < 4.78 is 17.2. The summed E-state index contributed by atoms with van der Waals surface area (Å²) in [5, 5.41) is 16.8. The third-order valence-corrected chi connectivity index (χ3v) is 5.48. The van der Waals surface area contributed by atoms with E-state index in [0.717, 1.165) is 28.2 Å². The van der Waals surface area contributed by atoms with Crippen molar-refractivity contribution < 1.29 is 19.3 Å². The molecule has 0 fully saturated rings. The fourth-order valence-electron chi connectivity index (χ4n) is 4.02. The Morgan fingerprint density at radius 2 is 1.93 bits per heavy atom. The lowest BCUT2D eigenvalue weighted by molar-refractivity contribution is -0.0211. The Morgan fingerprint density at radius 3 is 2.70 bits per heavy atom. The summed E-state index contributed by atoms with van der Waals surface area (Å²) >= 11 is 0. The first kappa shape index (κ1) is 18.3. The van der Waals surface area contributed by atoms with Gasteiger partial charge in [-0.2, -0.15) is 5.10 Å². The Balaban J connectivity index is 1.61. The molecule has 0 radical (unpaired) electrons. The zero-order chi connectivity index (χ0) is 20.7. The summed E-state index contributed by atoms with van der Waals surface area (Å²) in [7, 11) is 3.18. The Hall–Kier alpha value is -3.74. The maximum Gasteiger partial charge on any atom is 0.215 e. The highest BCUT2D eigenvalue weighted by molar-refractivity contribution is 6.02. The van der Waals surface area contributed by atoms with E-state index in [1.54, 1.807) is 31.6 Å². The van der Waals surface area contributed by atoms with Crippen molar-refractivity contribution in [1.29, 1.82) is 0 Å². The van der Waals surface area contributed by atoms with Gasteiger partial charge in [0.1, 0.15) is 0 Å². The Morgan fingerprint density at radius 1 is 1.07 bits per heavy atom. The van der Waals surface area contributed by atoms with Gasteiger partial charge in [0, 0.05) is 35.5 Å². The van der Waals surface area contributed by atoms with Crippen LogP contribution in [0.25, 0.3) is 0 Å². The highest BCUT2D eigenvalue weighted by Gasteiger charge is 2.42. The van der Waals surface area contributed by atoms with Gasteiger partial charge in [-0.3, -0.25) is 4.98 Å². The molecule has 152 valence electrons. The van der Waals surface area contributed by atoms with Crippen LogP contribution in [-0.2, 0) is 0 Å². The summed E-state index contributed by atoms with van der Waals surface area (Å²) in [6, 6.07) is 15.0. The molecule has 3 heterocycles.